The largest absolute Gasteiger partial charge is 0.380 e. The molecule has 5 nitrogen and oxygen atoms in total. The zero-order valence-corrected chi connectivity index (χ0v) is 13.0. The van der Waals surface area contributed by atoms with Crippen LogP contribution in [0.2, 0.25) is 0 Å². The van der Waals surface area contributed by atoms with Crippen molar-refractivity contribution in [1.29, 1.82) is 0 Å². The third kappa shape index (κ3) is 8.85. The van der Waals surface area contributed by atoms with E-state index in [1.165, 1.54) is 0 Å². The summed E-state index contributed by atoms with van der Waals surface area (Å²) >= 11 is 0. The van der Waals surface area contributed by atoms with Crippen molar-refractivity contribution >= 4 is 10.0 Å². The fourth-order valence-electron chi connectivity index (χ4n) is 1.23. The first-order valence-electron chi connectivity index (χ1n) is 6.55. The molecule has 0 heterocycles. The molecule has 0 fully saturated rings. The lowest BCUT2D eigenvalue weighted by Crippen LogP contribution is -2.41. The lowest BCUT2D eigenvalue weighted by atomic mass is 10.2. The normalized spacial score (nSPS) is 14.4. The van der Waals surface area contributed by atoms with E-state index in [-0.39, 0.29) is 6.04 Å². The molecule has 0 bridgehead atoms. The Labute approximate surface area is 112 Å². The molecule has 0 saturated carbocycles. The Kier molecular flexibility index (Phi) is 8.77. The van der Waals surface area contributed by atoms with Crippen LogP contribution in [0.5, 0.6) is 0 Å². The molecule has 0 aromatic carbocycles. The summed E-state index contributed by atoms with van der Waals surface area (Å²) in [6.45, 7) is 11.7. The van der Waals surface area contributed by atoms with Gasteiger partial charge in [-0.2, -0.15) is 0 Å². The van der Waals surface area contributed by atoms with Crippen LogP contribution in [0.3, 0.4) is 0 Å². The second-order valence-electron chi connectivity index (χ2n) is 5.28. The Morgan fingerprint density at radius 2 is 1.72 bits per heavy atom. The van der Waals surface area contributed by atoms with Crippen LogP contribution in [0.15, 0.2) is 0 Å². The summed E-state index contributed by atoms with van der Waals surface area (Å²) in [4.78, 5) is 0. The molecule has 110 valence electrons. The highest BCUT2D eigenvalue weighted by atomic mass is 32.2. The van der Waals surface area contributed by atoms with Crippen LogP contribution in [0.4, 0.5) is 0 Å². The number of hydrogen-bond donors (Lipinski definition) is 2. The highest BCUT2D eigenvalue weighted by Crippen LogP contribution is 1.97. The lowest BCUT2D eigenvalue weighted by molar-refractivity contribution is 0.114. The summed E-state index contributed by atoms with van der Waals surface area (Å²) < 4.78 is 31.6. The van der Waals surface area contributed by atoms with Gasteiger partial charge in [-0.3, -0.25) is 0 Å². The van der Waals surface area contributed by atoms with Gasteiger partial charge in [0.25, 0.3) is 0 Å². The third-order valence-corrected chi connectivity index (χ3v) is 4.18. The fraction of sp³-hybridized carbons (Fsp3) is 1.00. The zero-order valence-electron chi connectivity index (χ0n) is 12.2. The first-order chi connectivity index (χ1) is 8.25. The highest BCUT2D eigenvalue weighted by molar-refractivity contribution is 7.90. The molecule has 0 aromatic heterocycles. The molecule has 0 spiro atoms. The van der Waals surface area contributed by atoms with Crippen molar-refractivity contribution in [2.45, 2.75) is 45.9 Å². The Bertz CT molecular complexity index is 302. The summed E-state index contributed by atoms with van der Waals surface area (Å²) in [6, 6.07) is 0.289. The maximum absolute atomic E-state index is 11.8. The molecular weight excluding hydrogens is 252 g/mol. The molecule has 0 amide bonds. The first-order valence-corrected chi connectivity index (χ1v) is 8.10. The molecule has 0 aliphatic rings. The molecule has 0 radical (unpaired) electrons. The van der Waals surface area contributed by atoms with Crippen molar-refractivity contribution in [3.63, 3.8) is 0 Å². The fourth-order valence-corrected chi connectivity index (χ4v) is 2.20. The van der Waals surface area contributed by atoms with Crippen molar-refractivity contribution in [2.75, 3.05) is 26.3 Å². The minimum absolute atomic E-state index is 0.289. The monoisotopic (exact) mass is 280 g/mol. The van der Waals surface area contributed by atoms with Crippen LogP contribution in [0.25, 0.3) is 0 Å². The Morgan fingerprint density at radius 3 is 2.22 bits per heavy atom. The van der Waals surface area contributed by atoms with Crippen LogP contribution < -0.4 is 10.0 Å². The number of hydrogen-bond acceptors (Lipinski definition) is 4. The van der Waals surface area contributed by atoms with E-state index in [9.17, 15) is 8.42 Å². The third-order valence-electron chi connectivity index (χ3n) is 2.34. The van der Waals surface area contributed by atoms with Crippen LogP contribution in [0.1, 0.15) is 34.6 Å². The van der Waals surface area contributed by atoms with E-state index < -0.39 is 15.3 Å². The van der Waals surface area contributed by atoms with Gasteiger partial charge >= 0.3 is 0 Å². The van der Waals surface area contributed by atoms with E-state index in [1.807, 2.05) is 13.8 Å². The molecule has 0 aliphatic carbocycles. The van der Waals surface area contributed by atoms with Crippen molar-refractivity contribution in [2.24, 2.45) is 5.92 Å². The second kappa shape index (κ2) is 8.85. The summed E-state index contributed by atoms with van der Waals surface area (Å²) in [6.07, 6.45) is 0. The molecule has 0 aliphatic heterocycles. The smallest absolute Gasteiger partial charge is 0.215 e. The highest BCUT2D eigenvalue weighted by Gasteiger charge is 2.19. The van der Waals surface area contributed by atoms with Crippen molar-refractivity contribution < 1.29 is 13.2 Å². The van der Waals surface area contributed by atoms with Gasteiger partial charge in [0.15, 0.2) is 0 Å². The van der Waals surface area contributed by atoms with Gasteiger partial charge in [-0.1, -0.05) is 27.7 Å². The van der Waals surface area contributed by atoms with E-state index in [2.05, 4.69) is 23.9 Å². The van der Waals surface area contributed by atoms with E-state index in [0.717, 1.165) is 0 Å². The van der Waals surface area contributed by atoms with E-state index in [1.54, 1.807) is 6.92 Å². The van der Waals surface area contributed by atoms with Crippen LogP contribution in [-0.2, 0) is 14.8 Å². The quantitative estimate of drug-likeness (QED) is 0.585. The predicted octanol–water partition coefficient (Wildman–Crippen LogP) is 0.965. The van der Waals surface area contributed by atoms with Crippen LogP contribution in [-0.4, -0.2) is 46.0 Å². The maximum atomic E-state index is 11.8. The SMILES string of the molecule is CC(C)COCCNS(=O)(=O)C(C)CNC(C)C. The summed E-state index contributed by atoms with van der Waals surface area (Å²) in [7, 11) is -3.25. The molecule has 18 heavy (non-hydrogen) atoms. The zero-order chi connectivity index (χ0) is 14.2. The van der Waals surface area contributed by atoms with Gasteiger partial charge in [-0.25, -0.2) is 13.1 Å². The molecule has 1 unspecified atom stereocenters. The molecule has 6 heteroatoms. The van der Waals surface area contributed by atoms with Crippen LogP contribution >= 0.6 is 0 Å². The van der Waals surface area contributed by atoms with E-state index in [4.69, 9.17) is 4.74 Å². The number of sulfonamides is 1. The molecule has 0 saturated heterocycles. The summed E-state index contributed by atoms with van der Waals surface area (Å²) in [5.41, 5.74) is 0. The van der Waals surface area contributed by atoms with Crippen molar-refractivity contribution in [3.05, 3.63) is 0 Å². The Balaban J connectivity index is 3.85. The average molecular weight is 280 g/mol. The van der Waals surface area contributed by atoms with Gasteiger partial charge in [0, 0.05) is 25.7 Å². The van der Waals surface area contributed by atoms with Crippen molar-refractivity contribution in [3.8, 4) is 0 Å². The van der Waals surface area contributed by atoms with E-state index in [0.29, 0.717) is 32.2 Å². The van der Waals surface area contributed by atoms with Gasteiger partial charge in [-0.05, 0) is 12.8 Å². The Hall–Kier alpha value is -0.170. The number of nitrogens with one attached hydrogen (secondary N) is 2. The summed E-state index contributed by atoms with van der Waals surface area (Å²) in [5, 5.41) is 2.68. The van der Waals surface area contributed by atoms with Crippen LogP contribution in [0, 0.1) is 5.92 Å². The summed E-state index contributed by atoms with van der Waals surface area (Å²) in [5.74, 6) is 0.468. The van der Waals surface area contributed by atoms with Gasteiger partial charge in [0.2, 0.25) is 10.0 Å². The molecule has 0 rings (SSSR count). The van der Waals surface area contributed by atoms with Gasteiger partial charge in [0.1, 0.15) is 0 Å². The van der Waals surface area contributed by atoms with Gasteiger partial charge in [0.05, 0.1) is 11.9 Å². The average Bonchev–Trinajstić information content (AvgIpc) is 2.24. The molecular formula is C12H28N2O3S. The lowest BCUT2D eigenvalue weighted by Gasteiger charge is -2.16. The van der Waals surface area contributed by atoms with Crippen molar-refractivity contribution in [1.82, 2.24) is 10.0 Å². The number of ether oxygens (including phenoxy) is 1. The molecule has 2 N–H and O–H groups in total. The van der Waals surface area contributed by atoms with Gasteiger partial charge < -0.3 is 10.1 Å². The minimum Gasteiger partial charge on any atom is -0.380 e. The topological polar surface area (TPSA) is 67.4 Å². The standard InChI is InChI=1S/C12H28N2O3S/c1-10(2)9-17-7-6-14-18(15,16)12(5)8-13-11(3)4/h10-14H,6-9H2,1-5H3. The maximum Gasteiger partial charge on any atom is 0.215 e. The predicted molar refractivity (Wildman–Crippen MR) is 75.2 cm³/mol. The van der Waals surface area contributed by atoms with Gasteiger partial charge in [-0.15, -0.1) is 0 Å². The number of rotatable bonds is 10. The minimum atomic E-state index is -3.25. The molecule has 0 aromatic rings. The first kappa shape index (κ1) is 17.8. The second-order valence-corrected chi connectivity index (χ2v) is 7.47. The molecule has 1 atom stereocenters. The van der Waals surface area contributed by atoms with E-state index >= 15 is 0 Å². The Morgan fingerprint density at radius 1 is 1.11 bits per heavy atom.